The van der Waals surface area contributed by atoms with Crippen molar-refractivity contribution in [3.8, 4) is 0 Å². The molecule has 0 aromatic carbocycles. The molecule has 0 spiro atoms. The molecule has 0 fully saturated rings. The highest BCUT2D eigenvalue weighted by atomic mass is 16.2. The van der Waals surface area contributed by atoms with Gasteiger partial charge >= 0.3 is 0 Å². The second kappa shape index (κ2) is 4.86. The van der Waals surface area contributed by atoms with E-state index in [0.717, 1.165) is 19.5 Å². The van der Waals surface area contributed by atoms with E-state index in [9.17, 15) is 4.79 Å². The molecular weight excluding hydrogens is 198 g/mol. The third-order valence-electron chi connectivity index (χ3n) is 3.40. The topological polar surface area (TPSA) is 20.3 Å². The van der Waals surface area contributed by atoms with E-state index in [1.807, 2.05) is 11.0 Å². The number of rotatable bonds is 2. The average Bonchev–Trinajstić information content (AvgIpc) is 2.39. The summed E-state index contributed by atoms with van der Waals surface area (Å²) in [6.45, 7) is 6.14. The van der Waals surface area contributed by atoms with Crippen molar-refractivity contribution < 1.29 is 4.79 Å². The highest BCUT2D eigenvalue weighted by Gasteiger charge is 2.23. The Hall–Kier alpha value is -1.05. The summed E-state index contributed by atoms with van der Waals surface area (Å²) in [7, 11) is 0. The van der Waals surface area contributed by atoms with E-state index in [-0.39, 0.29) is 5.91 Å². The van der Waals surface area contributed by atoms with Crippen molar-refractivity contribution in [1.29, 1.82) is 0 Å². The first-order valence-electron chi connectivity index (χ1n) is 6.34. The lowest BCUT2D eigenvalue weighted by Crippen LogP contribution is -2.33. The van der Waals surface area contributed by atoms with Crippen LogP contribution in [0.3, 0.4) is 0 Å². The van der Waals surface area contributed by atoms with Crippen LogP contribution in [0.5, 0.6) is 0 Å². The first-order chi connectivity index (χ1) is 7.66. The van der Waals surface area contributed by atoms with Gasteiger partial charge in [-0.05, 0) is 36.7 Å². The van der Waals surface area contributed by atoms with Crippen molar-refractivity contribution in [3.63, 3.8) is 0 Å². The fourth-order valence-electron chi connectivity index (χ4n) is 2.57. The number of nitrogens with zero attached hydrogens (tertiary/aromatic N) is 1. The second-order valence-corrected chi connectivity index (χ2v) is 5.29. The Labute approximate surface area is 98.0 Å². The van der Waals surface area contributed by atoms with E-state index in [1.165, 1.54) is 18.4 Å². The summed E-state index contributed by atoms with van der Waals surface area (Å²) >= 11 is 0. The molecule has 0 saturated carbocycles. The predicted octanol–water partition coefficient (Wildman–Crippen LogP) is 2.77. The fraction of sp³-hybridized carbons (Fsp3) is 0.643. The van der Waals surface area contributed by atoms with Gasteiger partial charge < -0.3 is 4.90 Å². The summed E-state index contributed by atoms with van der Waals surface area (Å²) in [5, 5.41) is 0. The van der Waals surface area contributed by atoms with Gasteiger partial charge in [0.05, 0.1) is 0 Å². The number of hydrogen-bond donors (Lipinski definition) is 0. The van der Waals surface area contributed by atoms with Gasteiger partial charge in [0.15, 0.2) is 0 Å². The summed E-state index contributed by atoms with van der Waals surface area (Å²) in [6, 6.07) is 0. The lowest BCUT2D eigenvalue weighted by Gasteiger charge is -2.23. The van der Waals surface area contributed by atoms with Crippen LogP contribution in [0, 0.1) is 11.8 Å². The number of amides is 1. The number of carbonyl (C=O) groups is 1. The lowest BCUT2D eigenvalue weighted by atomic mass is 9.87. The summed E-state index contributed by atoms with van der Waals surface area (Å²) in [5.41, 5.74) is 1.25. The monoisotopic (exact) mass is 219 g/mol. The Morgan fingerprint density at radius 3 is 3.00 bits per heavy atom. The maximum Gasteiger partial charge on any atom is 0.246 e. The van der Waals surface area contributed by atoms with Crippen LogP contribution in [0.25, 0.3) is 0 Å². The molecule has 0 aromatic rings. The van der Waals surface area contributed by atoms with Gasteiger partial charge in [0.25, 0.3) is 0 Å². The fourth-order valence-corrected chi connectivity index (χ4v) is 2.57. The molecule has 0 saturated heterocycles. The Morgan fingerprint density at radius 1 is 1.44 bits per heavy atom. The molecule has 1 aliphatic heterocycles. The second-order valence-electron chi connectivity index (χ2n) is 5.29. The van der Waals surface area contributed by atoms with Gasteiger partial charge in [0.2, 0.25) is 5.91 Å². The Kier molecular flexibility index (Phi) is 3.47. The van der Waals surface area contributed by atoms with Crippen LogP contribution in [0.4, 0.5) is 0 Å². The maximum atomic E-state index is 12.0. The van der Waals surface area contributed by atoms with Crippen LogP contribution in [0.2, 0.25) is 0 Å². The van der Waals surface area contributed by atoms with Gasteiger partial charge in [-0.1, -0.05) is 26.0 Å². The van der Waals surface area contributed by atoms with Crippen LogP contribution < -0.4 is 0 Å². The smallest absolute Gasteiger partial charge is 0.246 e. The number of fused-ring (bicyclic) bond motifs is 1. The molecular formula is C14H21NO. The molecule has 88 valence electrons. The van der Waals surface area contributed by atoms with Gasteiger partial charge in [0.1, 0.15) is 0 Å². The first-order valence-corrected chi connectivity index (χ1v) is 6.34. The molecule has 0 N–H and O–H groups in total. The molecule has 1 unspecified atom stereocenters. The molecule has 2 aliphatic rings. The standard InChI is InChI=1S/C14H21NO/c1-11(2)10-15-8-7-12-5-3-4-6-13(12)9-14(15)16/h4,6,9,11-12H,3,5,7-8,10H2,1-2H3. The molecule has 1 amide bonds. The minimum atomic E-state index is 0.206. The Morgan fingerprint density at radius 2 is 2.25 bits per heavy atom. The summed E-state index contributed by atoms with van der Waals surface area (Å²) in [6.07, 6.45) is 9.70. The third kappa shape index (κ3) is 2.55. The van der Waals surface area contributed by atoms with Crippen LogP contribution >= 0.6 is 0 Å². The van der Waals surface area contributed by atoms with Crippen LogP contribution in [-0.2, 0) is 4.79 Å². The van der Waals surface area contributed by atoms with E-state index < -0.39 is 0 Å². The zero-order valence-corrected chi connectivity index (χ0v) is 10.3. The number of carbonyl (C=O) groups excluding carboxylic acids is 1. The SMILES string of the molecule is CC(C)CN1CCC2CCC=CC2=CC1=O. The molecule has 0 aromatic heterocycles. The molecule has 1 aliphatic carbocycles. The molecule has 0 radical (unpaired) electrons. The lowest BCUT2D eigenvalue weighted by molar-refractivity contribution is -0.126. The van der Waals surface area contributed by atoms with Crippen LogP contribution in [0.15, 0.2) is 23.8 Å². The van der Waals surface area contributed by atoms with E-state index >= 15 is 0 Å². The van der Waals surface area contributed by atoms with Crippen molar-refractivity contribution in [2.45, 2.75) is 33.1 Å². The first kappa shape index (κ1) is 11.4. The van der Waals surface area contributed by atoms with Crippen LogP contribution in [0.1, 0.15) is 33.1 Å². The van der Waals surface area contributed by atoms with Crippen molar-refractivity contribution in [2.75, 3.05) is 13.1 Å². The highest BCUT2D eigenvalue weighted by Crippen LogP contribution is 2.29. The van der Waals surface area contributed by atoms with Gasteiger partial charge in [-0.3, -0.25) is 4.79 Å². The van der Waals surface area contributed by atoms with Crippen LogP contribution in [-0.4, -0.2) is 23.9 Å². The summed E-state index contributed by atoms with van der Waals surface area (Å²) in [4.78, 5) is 14.0. The summed E-state index contributed by atoms with van der Waals surface area (Å²) < 4.78 is 0. The Bertz CT molecular complexity index is 328. The zero-order valence-electron chi connectivity index (χ0n) is 10.3. The van der Waals surface area contributed by atoms with Crippen molar-refractivity contribution in [1.82, 2.24) is 4.90 Å². The van der Waals surface area contributed by atoms with Crippen molar-refractivity contribution >= 4 is 5.91 Å². The maximum absolute atomic E-state index is 12.0. The molecule has 0 bridgehead atoms. The van der Waals surface area contributed by atoms with E-state index in [2.05, 4.69) is 26.0 Å². The predicted molar refractivity (Wildman–Crippen MR) is 66.0 cm³/mol. The quantitative estimate of drug-likeness (QED) is 0.699. The van der Waals surface area contributed by atoms with E-state index in [0.29, 0.717) is 11.8 Å². The van der Waals surface area contributed by atoms with Gasteiger partial charge in [-0.25, -0.2) is 0 Å². The normalized spacial score (nSPS) is 25.4. The number of allylic oxidation sites excluding steroid dienone is 3. The number of hydrogen-bond acceptors (Lipinski definition) is 1. The van der Waals surface area contributed by atoms with E-state index in [1.54, 1.807) is 0 Å². The molecule has 2 rings (SSSR count). The highest BCUT2D eigenvalue weighted by molar-refractivity contribution is 5.89. The zero-order chi connectivity index (χ0) is 11.5. The van der Waals surface area contributed by atoms with Gasteiger partial charge in [0, 0.05) is 19.2 Å². The third-order valence-corrected chi connectivity index (χ3v) is 3.40. The molecule has 2 heteroatoms. The average molecular weight is 219 g/mol. The summed E-state index contributed by atoms with van der Waals surface area (Å²) in [5.74, 6) is 1.38. The minimum Gasteiger partial charge on any atom is -0.339 e. The molecule has 1 heterocycles. The van der Waals surface area contributed by atoms with Crippen molar-refractivity contribution in [2.24, 2.45) is 11.8 Å². The van der Waals surface area contributed by atoms with E-state index in [4.69, 9.17) is 0 Å². The minimum absolute atomic E-state index is 0.206. The van der Waals surface area contributed by atoms with Gasteiger partial charge in [-0.15, -0.1) is 0 Å². The molecule has 1 atom stereocenters. The Balaban J connectivity index is 2.12. The van der Waals surface area contributed by atoms with Crippen molar-refractivity contribution in [3.05, 3.63) is 23.8 Å². The van der Waals surface area contributed by atoms with Gasteiger partial charge in [-0.2, -0.15) is 0 Å². The molecule has 2 nitrogen and oxygen atoms in total. The largest absolute Gasteiger partial charge is 0.339 e. The molecule has 16 heavy (non-hydrogen) atoms.